The van der Waals surface area contributed by atoms with Crippen molar-refractivity contribution in [3.8, 4) is 0 Å². The molecule has 1 rings (SSSR count). The Bertz CT molecular complexity index is 287. The Morgan fingerprint density at radius 2 is 2.21 bits per heavy atom. The molecule has 0 spiro atoms. The standard InChI is InChI=1S/C10H15ClFNS/c1-6(2)7(5-13)9(12)10-8(11)3-4-14-10/h3-4,6-7,9H,5,13H2,1-2H3. The molecule has 0 aliphatic rings. The van der Waals surface area contributed by atoms with Crippen molar-refractivity contribution in [1.29, 1.82) is 0 Å². The second kappa shape index (κ2) is 5.10. The third-order valence-electron chi connectivity index (χ3n) is 2.40. The number of halogens is 2. The van der Waals surface area contributed by atoms with Crippen LogP contribution in [0.5, 0.6) is 0 Å². The average Bonchev–Trinajstić information content (AvgIpc) is 2.51. The lowest BCUT2D eigenvalue weighted by molar-refractivity contribution is 0.192. The van der Waals surface area contributed by atoms with Gasteiger partial charge in [-0.15, -0.1) is 11.3 Å². The van der Waals surface area contributed by atoms with Crippen LogP contribution in [0.25, 0.3) is 0 Å². The molecule has 14 heavy (non-hydrogen) atoms. The van der Waals surface area contributed by atoms with E-state index in [4.69, 9.17) is 17.3 Å². The van der Waals surface area contributed by atoms with E-state index in [0.717, 1.165) is 0 Å². The van der Waals surface area contributed by atoms with Gasteiger partial charge in [0.15, 0.2) is 0 Å². The van der Waals surface area contributed by atoms with E-state index in [1.165, 1.54) is 11.3 Å². The second-order valence-corrected chi connectivity index (χ2v) is 5.03. The minimum atomic E-state index is -1.03. The Kier molecular flexibility index (Phi) is 4.35. The molecule has 2 unspecified atom stereocenters. The Balaban J connectivity index is 2.83. The van der Waals surface area contributed by atoms with E-state index in [1.54, 1.807) is 11.4 Å². The molecule has 1 heterocycles. The highest BCUT2D eigenvalue weighted by atomic mass is 35.5. The zero-order chi connectivity index (χ0) is 10.7. The van der Waals surface area contributed by atoms with Crippen molar-refractivity contribution >= 4 is 22.9 Å². The lowest BCUT2D eigenvalue weighted by Gasteiger charge is -2.22. The summed E-state index contributed by atoms with van der Waals surface area (Å²) < 4.78 is 14.0. The first-order valence-corrected chi connectivity index (χ1v) is 5.90. The van der Waals surface area contributed by atoms with Crippen LogP contribution in [0.15, 0.2) is 11.4 Å². The lowest BCUT2D eigenvalue weighted by atomic mass is 9.90. The molecular weight excluding hydrogens is 221 g/mol. The van der Waals surface area contributed by atoms with Crippen LogP contribution in [0.1, 0.15) is 24.9 Å². The first-order chi connectivity index (χ1) is 6.57. The molecule has 0 aromatic carbocycles. The van der Waals surface area contributed by atoms with Crippen molar-refractivity contribution < 1.29 is 4.39 Å². The zero-order valence-electron chi connectivity index (χ0n) is 8.34. The fourth-order valence-electron chi connectivity index (χ4n) is 1.43. The highest BCUT2D eigenvalue weighted by Crippen LogP contribution is 2.38. The third-order valence-corrected chi connectivity index (χ3v) is 3.81. The molecule has 0 amide bonds. The maximum Gasteiger partial charge on any atom is 0.140 e. The molecule has 0 radical (unpaired) electrons. The molecule has 2 N–H and O–H groups in total. The van der Waals surface area contributed by atoms with Gasteiger partial charge in [-0.25, -0.2) is 4.39 Å². The van der Waals surface area contributed by atoms with E-state index < -0.39 is 6.17 Å². The monoisotopic (exact) mass is 235 g/mol. The summed E-state index contributed by atoms with van der Waals surface area (Å²) in [7, 11) is 0. The number of thiophene rings is 1. The van der Waals surface area contributed by atoms with Crippen molar-refractivity contribution in [2.75, 3.05) is 6.54 Å². The second-order valence-electron chi connectivity index (χ2n) is 3.68. The molecule has 1 nitrogen and oxygen atoms in total. The number of rotatable bonds is 4. The van der Waals surface area contributed by atoms with Crippen LogP contribution in [0.2, 0.25) is 5.02 Å². The largest absolute Gasteiger partial charge is 0.330 e. The molecule has 0 bridgehead atoms. The molecule has 0 saturated carbocycles. The van der Waals surface area contributed by atoms with Crippen LogP contribution < -0.4 is 5.73 Å². The molecule has 80 valence electrons. The van der Waals surface area contributed by atoms with E-state index in [0.29, 0.717) is 16.4 Å². The van der Waals surface area contributed by atoms with Gasteiger partial charge in [0, 0.05) is 5.92 Å². The molecule has 0 saturated heterocycles. The fourth-order valence-corrected chi connectivity index (χ4v) is 2.64. The molecular formula is C10H15ClFNS. The topological polar surface area (TPSA) is 26.0 Å². The predicted octanol–water partition coefficient (Wildman–Crippen LogP) is 3.64. The summed E-state index contributed by atoms with van der Waals surface area (Å²) in [5.74, 6) is 0.0827. The summed E-state index contributed by atoms with van der Waals surface area (Å²) in [5, 5.41) is 2.32. The van der Waals surface area contributed by atoms with Gasteiger partial charge < -0.3 is 5.73 Å². The number of hydrogen-bond acceptors (Lipinski definition) is 2. The molecule has 0 fully saturated rings. The van der Waals surface area contributed by atoms with Gasteiger partial charge in [0.05, 0.1) is 9.90 Å². The third kappa shape index (κ3) is 2.47. The maximum absolute atomic E-state index is 14.0. The Labute approximate surface area is 93.1 Å². The molecule has 1 aromatic rings. The Morgan fingerprint density at radius 3 is 2.57 bits per heavy atom. The first-order valence-electron chi connectivity index (χ1n) is 4.65. The summed E-state index contributed by atoms with van der Waals surface area (Å²) in [4.78, 5) is 0.607. The quantitative estimate of drug-likeness (QED) is 0.847. The van der Waals surface area contributed by atoms with E-state index in [1.807, 2.05) is 13.8 Å². The summed E-state index contributed by atoms with van der Waals surface area (Å²) >= 11 is 7.23. The van der Waals surface area contributed by atoms with Crippen molar-refractivity contribution in [2.45, 2.75) is 20.0 Å². The first kappa shape index (κ1) is 12.0. The molecule has 0 aliphatic carbocycles. The van der Waals surface area contributed by atoms with Gasteiger partial charge in [-0.1, -0.05) is 25.4 Å². The minimum Gasteiger partial charge on any atom is -0.330 e. The van der Waals surface area contributed by atoms with E-state index >= 15 is 0 Å². The fraction of sp³-hybridized carbons (Fsp3) is 0.600. The summed E-state index contributed by atoms with van der Waals surface area (Å²) in [6.45, 7) is 4.31. The lowest BCUT2D eigenvalue weighted by Crippen LogP contribution is -2.24. The van der Waals surface area contributed by atoms with Crippen LogP contribution in [0.4, 0.5) is 4.39 Å². The van der Waals surface area contributed by atoms with Gasteiger partial charge in [0.25, 0.3) is 0 Å². The normalized spacial score (nSPS) is 15.9. The van der Waals surface area contributed by atoms with Crippen LogP contribution in [0, 0.1) is 11.8 Å². The van der Waals surface area contributed by atoms with Crippen LogP contribution in [-0.4, -0.2) is 6.54 Å². The smallest absolute Gasteiger partial charge is 0.140 e. The van der Waals surface area contributed by atoms with Crippen LogP contribution in [0.3, 0.4) is 0 Å². The number of nitrogens with two attached hydrogens (primary N) is 1. The van der Waals surface area contributed by atoms with E-state index in [2.05, 4.69) is 0 Å². The van der Waals surface area contributed by atoms with Gasteiger partial charge in [0.2, 0.25) is 0 Å². The SMILES string of the molecule is CC(C)C(CN)C(F)c1sccc1Cl. The van der Waals surface area contributed by atoms with Crippen LogP contribution >= 0.6 is 22.9 Å². The average molecular weight is 236 g/mol. The van der Waals surface area contributed by atoms with Gasteiger partial charge in [-0.05, 0) is 23.9 Å². The summed E-state index contributed by atoms with van der Waals surface area (Å²) in [6, 6.07) is 1.72. The summed E-state index contributed by atoms with van der Waals surface area (Å²) in [5.41, 5.74) is 5.55. The van der Waals surface area contributed by atoms with Crippen molar-refractivity contribution in [1.82, 2.24) is 0 Å². The predicted molar refractivity (Wildman–Crippen MR) is 60.6 cm³/mol. The maximum atomic E-state index is 14.0. The highest BCUT2D eigenvalue weighted by molar-refractivity contribution is 7.10. The molecule has 1 aromatic heterocycles. The van der Waals surface area contributed by atoms with Gasteiger partial charge >= 0.3 is 0 Å². The van der Waals surface area contributed by atoms with E-state index in [-0.39, 0.29) is 11.8 Å². The molecule has 2 atom stereocenters. The zero-order valence-corrected chi connectivity index (χ0v) is 9.91. The van der Waals surface area contributed by atoms with Crippen molar-refractivity contribution in [3.63, 3.8) is 0 Å². The van der Waals surface area contributed by atoms with Gasteiger partial charge in [-0.3, -0.25) is 0 Å². The van der Waals surface area contributed by atoms with E-state index in [9.17, 15) is 4.39 Å². The van der Waals surface area contributed by atoms with Gasteiger partial charge in [0.1, 0.15) is 6.17 Å². The number of alkyl halides is 1. The minimum absolute atomic E-state index is 0.147. The molecule has 0 aliphatic heterocycles. The van der Waals surface area contributed by atoms with Gasteiger partial charge in [-0.2, -0.15) is 0 Å². The Morgan fingerprint density at radius 1 is 1.57 bits per heavy atom. The Hall–Kier alpha value is -0.120. The molecule has 4 heteroatoms. The van der Waals surface area contributed by atoms with Crippen molar-refractivity contribution in [3.05, 3.63) is 21.3 Å². The summed E-state index contributed by atoms with van der Waals surface area (Å²) in [6.07, 6.45) is -1.03. The van der Waals surface area contributed by atoms with Crippen LogP contribution in [-0.2, 0) is 0 Å². The number of hydrogen-bond donors (Lipinski definition) is 1. The van der Waals surface area contributed by atoms with Crippen molar-refractivity contribution in [2.24, 2.45) is 17.6 Å². The highest BCUT2D eigenvalue weighted by Gasteiger charge is 2.27.